The summed E-state index contributed by atoms with van der Waals surface area (Å²) < 4.78 is 5.39. The van der Waals surface area contributed by atoms with Crippen LogP contribution < -0.4 is 0 Å². The predicted octanol–water partition coefficient (Wildman–Crippen LogP) is 7.29. The van der Waals surface area contributed by atoms with Crippen LogP contribution in [-0.4, -0.2) is 16.8 Å². The molecule has 1 aliphatic heterocycles. The zero-order valence-electron chi connectivity index (χ0n) is 18.8. The van der Waals surface area contributed by atoms with Gasteiger partial charge in [0, 0.05) is 22.2 Å². The Morgan fingerprint density at radius 2 is 2.00 bits per heavy atom. The molecule has 1 atom stereocenters. The number of halogens is 1. The van der Waals surface area contributed by atoms with Crippen LogP contribution in [0.2, 0.25) is 5.02 Å². The summed E-state index contributed by atoms with van der Waals surface area (Å²) >= 11 is 6.10. The van der Waals surface area contributed by atoms with E-state index in [0.29, 0.717) is 5.76 Å². The van der Waals surface area contributed by atoms with Gasteiger partial charge >= 0.3 is 5.97 Å². The normalized spacial score (nSPS) is 21.4. The van der Waals surface area contributed by atoms with E-state index in [2.05, 4.69) is 38.1 Å². The number of hydrogen-bond donors (Lipinski definition) is 1. The summed E-state index contributed by atoms with van der Waals surface area (Å²) in [5.74, 6) is -0.380. The van der Waals surface area contributed by atoms with Gasteiger partial charge in [-0.15, -0.1) is 0 Å². The number of carboxylic acids is 1. The lowest BCUT2D eigenvalue weighted by Gasteiger charge is -2.35. The molecule has 1 saturated carbocycles. The van der Waals surface area contributed by atoms with Crippen molar-refractivity contribution >= 4 is 29.4 Å². The SMILES string of the molecule is CC1(C)CCCC2=NC3=C(/C=C\c4ccc(C(=O)O)o4)C=CC(Cc4ccc(Cl)cc4)C3=C21. The van der Waals surface area contributed by atoms with Gasteiger partial charge in [-0.1, -0.05) is 49.7 Å². The average Bonchev–Trinajstić information content (AvgIpc) is 3.40. The molecule has 1 fully saturated rings. The van der Waals surface area contributed by atoms with Gasteiger partial charge in [0.05, 0.1) is 5.70 Å². The molecule has 1 aromatic carbocycles. The molecule has 0 bridgehead atoms. The minimum atomic E-state index is -1.07. The Morgan fingerprint density at radius 1 is 1.21 bits per heavy atom. The fourth-order valence-corrected chi connectivity index (χ4v) is 5.29. The van der Waals surface area contributed by atoms with Gasteiger partial charge in [0.15, 0.2) is 0 Å². The van der Waals surface area contributed by atoms with Crippen LogP contribution in [-0.2, 0) is 6.42 Å². The Hall–Kier alpha value is -3.11. The van der Waals surface area contributed by atoms with Crippen molar-refractivity contribution in [3.05, 3.63) is 99.1 Å². The number of aliphatic imine (C=N–C) groups is 1. The van der Waals surface area contributed by atoms with E-state index in [1.807, 2.05) is 24.3 Å². The first-order valence-corrected chi connectivity index (χ1v) is 11.7. The highest BCUT2D eigenvalue weighted by Gasteiger charge is 2.40. The second kappa shape index (κ2) is 8.35. The summed E-state index contributed by atoms with van der Waals surface area (Å²) in [5, 5.41) is 9.85. The van der Waals surface area contributed by atoms with Gasteiger partial charge in [0.2, 0.25) is 5.76 Å². The molecule has 168 valence electrons. The fraction of sp³-hybridized carbons (Fsp3) is 0.286. The van der Waals surface area contributed by atoms with Crippen LogP contribution in [0.3, 0.4) is 0 Å². The van der Waals surface area contributed by atoms with Crippen molar-refractivity contribution in [3.63, 3.8) is 0 Å². The zero-order chi connectivity index (χ0) is 23.2. The number of carboxylic acid groups (broad SMARTS) is 1. The van der Waals surface area contributed by atoms with Gasteiger partial charge in [-0.25, -0.2) is 4.79 Å². The molecule has 0 spiro atoms. The largest absolute Gasteiger partial charge is 0.475 e. The maximum absolute atomic E-state index is 11.1. The van der Waals surface area contributed by atoms with Crippen LogP contribution in [0.1, 0.15) is 55.0 Å². The number of aromatic carboxylic acids is 1. The van der Waals surface area contributed by atoms with Crippen molar-refractivity contribution < 1.29 is 14.3 Å². The van der Waals surface area contributed by atoms with Crippen molar-refractivity contribution in [2.24, 2.45) is 16.3 Å². The van der Waals surface area contributed by atoms with E-state index in [4.69, 9.17) is 26.1 Å². The molecule has 5 rings (SSSR count). The molecule has 0 saturated heterocycles. The zero-order valence-corrected chi connectivity index (χ0v) is 19.5. The first-order chi connectivity index (χ1) is 15.8. The first kappa shape index (κ1) is 21.7. The van der Waals surface area contributed by atoms with Crippen molar-refractivity contribution in [1.82, 2.24) is 0 Å². The third-order valence-corrected chi connectivity index (χ3v) is 6.99. The molecule has 0 amide bonds. The van der Waals surface area contributed by atoms with Crippen LogP contribution in [0.4, 0.5) is 0 Å². The van der Waals surface area contributed by atoms with Gasteiger partial charge in [0.25, 0.3) is 0 Å². The number of furan rings is 1. The second-order valence-corrected chi connectivity index (χ2v) is 9.96. The van der Waals surface area contributed by atoms with Gasteiger partial charge in [-0.05, 0) is 84.2 Å². The summed E-state index contributed by atoms with van der Waals surface area (Å²) in [6.07, 6.45) is 12.4. The quantitative estimate of drug-likeness (QED) is 0.510. The third-order valence-electron chi connectivity index (χ3n) is 6.74. The number of carbonyl (C=O) groups is 1. The van der Waals surface area contributed by atoms with E-state index < -0.39 is 5.97 Å². The number of benzene rings is 1. The van der Waals surface area contributed by atoms with Crippen LogP contribution in [0.15, 0.2) is 86.5 Å². The maximum atomic E-state index is 11.1. The molecular formula is C28H26ClNO3. The highest BCUT2D eigenvalue weighted by molar-refractivity contribution is 6.30. The average molecular weight is 460 g/mol. The summed E-state index contributed by atoms with van der Waals surface area (Å²) in [6.45, 7) is 4.66. The second-order valence-electron chi connectivity index (χ2n) is 9.53. The van der Waals surface area contributed by atoms with Crippen LogP contribution in [0, 0.1) is 11.3 Å². The Balaban J connectivity index is 1.54. The molecule has 1 N–H and O–H groups in total. The van der Waals surface area contributed by atoms with Gasteiger partial charge in [0.1, 0.15) is 5.76 Å². The summed E-state index contributed by atoms with van der Waals surface area (Å²) in [7, 11) is 0. The monoisotopic (exact) mass is 459 g/mol. The van der Waals surface area contributed by atoms with Gasteiger partial charge < -0.3 is 9.52 Å². The lowest BCUT2D eigenvalue weighted by Crippen LogP contribution is -2.27. The van der Waals surface area contributed by atoms with Crippen LogP contribution in [0.5, 0.6) is 0 Å². The Labute approximate surface area is 198 Å². The number of hydrogen-bond acceptors (Lipinski definition) is 3. The molecule has 0 radical (unpaired) electrons. The van der Waals surface area contributed by atoms with Gasteiger partial charge in [-0.3, -0.25) is 4.99 Å². The maximum Gasteiger partial charge on any atom is 0.371 e. The van der Waals surface area contributed by atoms with E-state index in [-0.39, 0.29) is 17.1 Å². The van der Waals surface area contributed by atoms with Crippen molar-refractivity contribution in [3.8, 4) is 0 Å². The summed E-state index contributed by atoms with van der Waals surface area (Å²) in [4.78, 5) is 16.2. The minimum Gasteiger partial charge on any atom is -0.475 e. The Bertz CT molecular complexity index is 1270. The molecule has 1 unspecified atom stereocenters. The highest BCUT2D eigenvalue weighted by Crippen LogP contribution is 2.50. The predicted molar refractivity (Wildman–Crippen MR) is 132 cm³/mol. The standard InChI is InChI=1S/C28H26ClNO3/c1-28(2)15-3-4-22-25(28)24-19(16-17-5-10-20(29)11-6-17)8-7-18(26(24)30-22)9-12-21-13-14-23(33-21)27(31)32/h5-14,19H,3-4,15-16H2,1-2H3,(H,31,32)/b12-9-. The first-order valence-electron chi connectivity index (χ1n) is 11.3. The highest BCUT2D eigenvalue weighted by atomic mass is 35.5. The Kier molecular flexibility index (Phi) is 5.49. The van der Waals surface area contributed by atoms with Crippen LogP contribution >= 0.6 is 11.6 Å². The third kappa shape index (κ3) is 4.16. The Morgan fingerprint density at radius 3 is 2.73 bits per heavy atom. The topological polar surface area (TPSA) is 62.8 Å². The van der Waals surface area contributed by atoms with E-state index in [9.17, 15) is 4.79 Å². The molecule has 2 aliphatic carbocycles. The van der Waals surface area contributed by atoms with Crippen molar-refractivity contribution in [2.75, 3.05) is 0 Å². The number of allylic oxidation sites excluding steroid dienone is 6. The molecule has 33 heavy (non-hydrogen) atoms. The lowest BCUT2D eigenvalue weighted by atomic mass is 9.68. The lowest BCUT2D eigenvalue weighted by molar-refractivity contribution is 0.0662. The molecule has 2 aromatic rings. The molecular weight excluding hydrogens is 434 g/mol. The molecule has 5 heteroatoms. The van der Waals surface area contributed by atoms with Crippen molar-refractivity contribution in [2.45, 2.75) is 39.5 Å². The van der Waals surface area contributed by atoms with Gasteiger partial charge in [-0.2, -0.15) is 0 Å². The minimum absolute atomic E-state index is 0.0637. The van der Waals surface area contributed by atoms with Crippen molar-refractivity contribution in [1.29, 1.82) is 0 Å². The van der Waals surface area contributed by atoms with E-state index in [0.717, 1.165) is 42.0 Å². The smallest absolute Gasteiger partial charge is 0.371 e. The van der Waals surface area contributed by atoms with E-state index in [1.54, 1.807) is 6.07 Å². The number of rotatable bonds is 5. The van der Waals surface area contributed by atoms with E-state index >= 15 is 0 Å². The van der Waals surface area contributed by atoms with E-state index in [1.165, 1.54) is 28.5 Å². The number of fused-ring (bicyclic) bond motifs is 2. The summed E-state index contributed by atoms with van der Waals surface area (Å²) in [6, 6.07) is 11.2. The fourth-order valence-electron chi connectivity index (χ4n) is 5.17. The number of nitrogens with zero attached hydrogens (tertiary/aromatic N) is 1. The molecule has 3 aliphatic rings. The van der Waals surface area contributed by atoms with Crippen LogP contribution in [0.25, 0.3) is 6.08 Å². The molecule has 1 aromatic heterocycles. The molecule has 4 nitrogen and oxygen atoms in total. The summed E-state index contributed by atoms with van der Waals surface area (Å²) in [5.41, 5.74) is 7.36. The molecule has 2 heterocycles.